The number of benzene rings is 3. The van der Waals surface area contributed by atoms with Crippen LogP contribution in [0.3, 0.4) is 0 Å². The van der Waals surface area contributed by atoms with E-state index in [-0.39, 0.29) is 24.6 Å². The van der Waals surface area contributed by atoms with E-state index in [9.17, 15) is 14.4 Å². The van der Waals surface area contributed by atoms with E-state index in [4.69, 9.17) is 0 Å². The van der Waals surface area contributed by atoms with Crippen molar-refractivity contribution in [3.05, 3.63) is 98.7 Å². The number of hydrogen-bond acceptors (Lipinski definition) is 4. The second-order valence-electron chi connectivity index (χ2n) is 7.88. The molecular formula is C26H25N3O3S. The number of rotatable bonds is 6. The molecule has 0 bridgehead atoms. The minimum atomic E-state index is -0.489. The highest BCUT2D eigenvalue weighted by Gasteiger charge is 2.14. The molecule has 0 fully saturated rings. The van der Waals surface area contributed by atoms with E-state index in [0.29, 0.717) is 16.6 Å². The summed E-state index contributed by atoms with van der Waals surface area (Å²) in [6, 6.07) is 20.8. The number of carbonyl (C=O) groups excluding carboxylic acids is 1. The van der Waals surface area contributed by atoms with E-state index in [1.165, 1.54) is 20.6 Å². The molecule has 33 heavy (non-hydrogen) atoms. The Bertz CT molecular complexity index is 1450. The van der Waals surface area contributed by atoms with Gasteiger partial charge >= 0.3 is 5.69 Å². The van der Waals surface area contributed by atoms with Crippen molar-refractivity contribution in [2.75, 3.05) is 5.32 Å². The van der Waals surface area contributed by atoms with Gasteiger partial charge in [-0.05, 0) is 68.8 Å². The van der Waals surface area contributed by atoms with Crippen LogP contribution in [0, 0.1) is 13.8 Å². The first-order valence-electron chi connectivity index (χ1n) is 10.7. The van der Waals surface area contributed by atoms with Crippen molar-refractivity contribution in [1.29, 1.82) is 0 Å². The van der Waals surface area contributed by atoms with Crippen LogP contribution >= 0.6 is 11.8 Å². The monoisotopic (exact) mass is 459 g/mol. The van der Waals surface area contributed by atoms with Gasteiger partial charge in [-0.1, -0.05) is 41.6 Å². The lowest BCUT2D eigenvalue weighted by Crippen LogP contribution is -2.41. The zero-order chi connectivity index (χ0) is 23.5. The number of anilines is 1. The Morgan fingerprint density at radius 2 is 1.67 bits per heavy atom. The van der Waals surface area contributed by atoms with E-state index in [1.54, 1.807) is 43.0 Å². The van der Waals surface area contributed by atoms with Crippen molar-refractivity contribution >= 4 is 34.3 Å². The first-order valence-corrected chi connectivity index (χ1v) is 11.6. The molecule has 3 aromatic carbocycles. The number of hydrogen-bond donors (Lipinski definition) is 1. The summed E-state index contributed by atoms with van der Waals surface area (Å²) in [5, 5.41) is 3.27. The molecule has 4 rings (SSSR count). The molecule has 0 atom stereocenters. The molecule has 1 amide bonds. The van der Waals surface area contributed by atoms with Gasteiger partial charge in [0, 0.05) is 22.0 Å². The van der Waals surface area contributed by atoms with Crippen LogP contribution in [0.2, 0.25) is 0 Å². The molecule has 0 unspecified atom stereocenters. The van der Waals surface area contributed by atoms with Crippen molar-refractivity contribution in [3.8, 4) is 0 Å². The van der Waals surface area contributed by atoms with Crippen LogP contribution in [0.25, 0.3) is 10.9 Å². The van der Waals surface area contributed by atoms with Crippen molar-refractivity contribution in [3.63, 3.8) is 0 Å². The Kier molecular flexibility index (Phi) is 6.51. The van der Waals surface area contributed by atoms with Crippen LogP contribution in [-0.4, -0.2) is 15.0 Å². The van der Waals surface area contributed by atoms with Crippen LogP contribution in [0.4, 0.5) is 5.69 Å². The lowest BCUT2D eigenvalue weighted by atomic mass is 10.2. The lowest BCUT2D eigenvalue weighted by molar-refractivity contribution is -0.116. The zero-order valence-electron chi connectivity index (χ0n) is 18.8. The van der Waals surface area contributed by atoms with E-state index >= 15 is 0 Å². The van der Waals surface area contributed by atoms with Gasteiger partial charge < -0.3 is 5.32 Å². The fourth-order valence-corrected chi connectivity index (χ4v) is 4.68. The molecule has 1 N–H and O–H groups in total. The second-order valence-corrected chi connectivity index (χ2v) is 8.99. The van der Waals surface area contributed by atoms with Gasteiger partial charge in [-0.25, -0.2) is 4.79 Å². The SMILES string of the molecule is CCn1c(=O)c2ccccc2n(CC(=O)Nc2ccc(Sc3ccc(C)cc3C)cc2)c1=O. The van der Waals surface area contributed by atoms with E-state index < -0.39 is 5.69 Å². The average Bonchev–Trinajstić information content (AvgIpc) is 2.80. The van der Waals surface area contributed by atoms with Gasteiger partial charge in [-0.3, -0.25) is 18.7 Å². The molecule has 6 nitrogen and oxygen atoms in total. The lowest BCUT2D eigenvalue weighted by Gasteiger charge is -2.13. The Morgan fingerprint density at radius 1 is 0.939 bits per heavy atom. The summed E-state index contributed by atoms with van der Waals surface area (Å²) in [7, 11) is 0. The van der Waals surface area contributed by atoms with Gasteiger partial charge in [-0.15, -0.1) is 0 Å². The van der Waals surface area contributed by atoms with Gasteiger partial charge in [0.1, 0.15) is 6.54 Å². The summed E-state index contributed by atoms with van der Waals surface area (Å²) in [6.07, 6.45) is 0. The largest absolute Gasteiger partial charge is 0.331 e. The first-order chi connectivity index (χ1) is 15.9. The smallest absolute Gasteiger partial charge is 0.325 e. The van der Waals surface area contributed by atoms with Crippen LogP contribution in [0.1, 0.15) is 18.1 Å². The van der Waals surface area contributed by atoms with Crippen molar-refractivity contribution in [2.24, 2.45) is 0 Å². The van der Waals surface area contributed by atoms with E-state index in [1.807, 2.05) is 24.3 Å². The normalized spacial score (nSPS) is 11.0. The molecule has 1 heterocycles. The molecular weight excluding hydrogens is 434 g/mol. The minimum Gasteiger partial charge on any atom is -0.325 e. The molecule has 0 aliphatic heterocycles. The highest BCUT2D eigenvalue weighted by Crippen LogP contribution is 2.31. The van der Waals surface area contributed by atoms with Crippen molar-refractivity contribution in [1.82, 2.24) is 9.13 Å². The minimum absolute atomic E-state index is 0.182. The highest BCUT2D eigenvalue weighted by molar-refractivity contribution is 7.99. The van der Waals surface area contributed by atoms with Gasteiger partial charge in [0.15, 0.2) is 0 Å². The second kappa shape index (κ2) is 9.50. The summed E-state index contributed by atoms with van der Waals surface area (Å²) in [5.74, 6) is -0.335. The van der Waals surface area contributed by atoms with Crippen LogP contribution in [0.15, 0.2) is 86.1 Å². The van der Waals surface area contributed by atoms with Crippen molar-refractivity contribution < 1.29 is 4.79 Å². The Labute approximate surface area is 195 Å². The summed E-state index contributed by atoms with van der Waals surface area (Å²) in [6.45, 7) is 5.96. The molecule has 0 saturated heterocycles. The van der Waals surface area contributed by atoms with Crippen molar-refractivity contribution in [2.45, 2.75) is 43.7 Å². The van der Waals surface area contributed by atoms with E-state index in [2.05, 4.69) is 37.4 Å². The number of para-hydroxylation sites is 1. The first kappa shape index (κ1) is 22.6. The number of nitrogens with one attached hydrogen (secondary N) is 1. The predicted octanol–water partition coefficient (Wildman–Crippen LogP) is 4.59. The van der Waals surface area contributed by atoms with Crippen LogP contribution < -0.4 is 16.6 Å². The fraction of sp³-hybridized carbons (Fsp3) is 0.192. The molecule has 0 radical (unpaired) electrons. The molecule has 0 spiro atoms. The number of nitrogens with zero attached hydrogens (tertiary/aromatic N) is 2. The third-order valence-electron chi connectivity index (χ3n) is 5.45. The molecule has 1 aromatic heterocycles. The summed E-state index contributed by atoms with van der Waals surface area (Å²) in [4.78, 5) is 40.4. The van der Waals surface area contributed by atoms with Gasteiger partial charge in [0.25, 0.3) is 5.56 Å². The molecule has 0 aliphatic rings. The summed E-state index contributed by atoms with van der Waals surface area (Å²) in [5.41, 5.74) is 2.72. The average molecular weight is 460 g/mol. The maximum atomic E-state index is 12.8. The molecule has 0 aliphatic carbocycles. The number of carbonyl (C=O) groups is 1. The maximum absolute atomic E-state index is 12.8. The van der Waals surface area contributed by atoms with Crippen LogP contribution in [-0.2, 0) is 17.9 Å². The third-order valence-corrected chi connectivity index (χ3v) is 6.63. The molecule has 7 heteroatoms. The van der Waals surface area contributed by atoms with E-state index in [0.717, 1.165) is 9.46 Å². The van der Waals surface area contributed by atoms with Gasteiger partial charge in [-0.2, -0.15) is 0 Å². The number of fused-ring (bicyclic) bond motifs is 1. The third kappa shape index (κ3) is 4.78. The highest BCUT2D eigenvalue weighted by atomic mass is 32.2. The zero-order valence-corrected chi connectivity index (χ0v) is 19.6. The van der Waals surface area contributed by atoms with Gasteiger partial charge in [0.05, 0.1) is 10.9 Å². The van der Waals surface area contributed by atoms with Gasteiger partial charge in [0.2, 0.25) is 5.91 Å². The molecule has 0 saturated carbocycles. The maximum Gasteiger partial charge on any atom is 0.331 e. The Balaban J connectivity index is 1.52. The summed E-state index contributed by atoms with van der Waals surface area (Å²) >= 11 is 1.67. The number of aryl methyl sites for hydroxylation is 2. The standard InChI is InChI=1S/C26H25N3O3S/c1-4-28-25(31)21-7-5-6-8-22(21)29(26(28)32)16-24(30)27-19-10-12-20(13-11-19)33-23-14-9-17(2)15-18(23)3/h5-15H,4,16H2,1-3H3,(H,27,30). The summed E-state index contributed by atoms with van der Waals surface area (Å²) < 4.78 is 2.49. The fourth-order valence-electron chi connectivity index (χ4n) is 3.79. The van der Waals surface area contributed by atoms with Crippen LogP contribution in [0.5, 0.6) is 0 Å². The molecule has 168 valence electrons. The Hall–Kier alpha value is -3.58. The topological polar surface area (TPSA) is 73.1 Å². The number of aromatic nitrogens is 2. The predicted molar refractivity (Wildman–Crippen MR) is 133 cm³/mol. The molecule has 4 aromatic rings. The Morgan fingerprint density at radius 3 is 2.36 bits per heavy atom. The number of amides is 1. The quantitative estimate of drug-likeness (QED) is 0.458.